The molecule has 2 fully saturated rings. The highest BCUT2D eigenvalue weighted by Crippen LogP contribution is 2.62. The topological polar surface area (TPSA) is 35.8 Å². The lowest BCUT2D eigenvalue weighted by Crippen LogP contribution is -2.51. The monoisotopic (exact) mass is 220 g/mol. The van der Waals surface area contributed by atoms with Crippen molar-refractivity contribution in [1.29, 1.82) is 5.26 Å². The molecule has 2 heteroatoms. The first-order chi connectivity index (χ1) is 7.40. The zero-order valence-corrected chi connectivity index (χ0v) is 11.0. The summed E-state index contributed by atoms with van der Waals surface area (Å²) < 4.78 is 0. The van der Waals surface area contributed by atoms with E-state index in [0.29, 0.717) is 16.9 Å². The number of hydrogen-bond donors (Lipinski definition) is 1. The summed E-state index contributed by atoms with van der Waals surface area (Å²) in [5, 5.41) is 12.5. The first-order valence-corrected chi connectivity index (χ1v) is 6.53. The molecule has 0 aromatic carbocycles. The fourth-order valence-corrected chi connectivity index (χ4v) is 4.15. The van der Waals surface area contributed by atoms with Gasteiger partial charge in [-0.1, -0.05) is 20.8 Å². The minimum atomic E-state index is 0.124. The molecule has 0 spiro atoms. The summed E-state index contributed by atoms with van der Waals surface area (Å²) in [6.45, 7) is 10.1. The van der Waals surface area contributed by atoms with Gasteiger partial charge in [-0.25, -0.2) is 0 Å². The van der Waals surface area contributed by atoms with Gasteiger partial charge in [0.25, 0.3) is 0 Å². The van der Waals surface area contributed by atoms with Gasteiger partial charge in [0.05, 0.1) is 12.0 Å². The highest BCUT2D eigenvalue weighted by molar-refractivity contribution is 5.12. The molecule has 0 radical (unpaired) electrons. The van der Waals surface area contributed by atoms with Crippen LogP contribution in [-0.2, 0) is 0 Å². The second kappa shape index (κ2) is 3.74. The van der Waals surface area contributed by atoms with Gasteiger partial charge in [-0.3, -0.25) is 0 Å². The van der Waals surface area contributed by atoms with E-state index >= 15 is 0 Å². The molecule has 2 saturated carbocycles. The van der Waals surface area contributed by atoms with Gasteiger partial charge in [0.15, 0.2) is 0 Å². The molecule has 16 heavy (non-hydrogen) atoms. The summed E-state index contributed by atoms with van der Waals surface area (Å²) in [5.74, 6) is 1.01. The van der Waals surface area contributed by atoms with Crippen LogP contribution < -0.4 is 5.32 Å². The summed E-state index contributed by atoms with van der Waals surface area (Å²) in [6.07, 6.45) is 4.13. The van der Waals surface area contributed by atoms with Crippen molar-refractivity contribution >= 4 is 0 Å². The van der Waals surface area contributed by atoms with Crippen LogP contribution in [0.5, 0.6) is 0 Å². The molecule has 90 valence electrons. The summed E-state index contributed by atoms with van der Waals surface area (Å²) in [6, 6.07) is 2.90. The van der Waals surface area contributed by atoms with Crippen molar-refractivity contribution in [1.82, 2.24) is 5.32 Å². The van der Waals surface area contributed by atoms with E-state index in [0.717, 1.165) is 12.5 Å². The third-order valence-electron chi connectivity index (χ3n) is 5.12. The maximum Gasteiger partial charge on any atom is 0.0666 e. The molecule has 2 nitrogen and oxygen atoms in total. The Balaban J connectivity index is 2.06. The second-order valence-corrected chi connectivity index (χ2v) is 6.79. The molecule has 0 aromatic rings. The normalized spacial score (nSPS) is 41.9. The van der Waals surface area contributed by atoms with Crippen LogP contribution in [0.2, 0.25) is 0 Å². The van der Waals surface area contributed by atoms with E-state index in [1.54, 1.807) is 0 Å². The summed E-state index contributed by atoms with van der Waals surface area (Å²) >= 11 is 0. The third kappa shape index (κ3) is 1.66. The highest BCUT2D eigenvalue weighted by Gasteiger charge is 2.58. The fraction of sp³-hybridized carbons (Fsp3) is 0.929. The molecule has 4 atom stereocenters. The smallest absolute Gasteiger partial charge is 0.0666 e. The largest absolute Gasteiger partial charge is 0.312 e. The maximum absolute atomic E-state index is 8.84. The van der Waals surface area contributed by atoms with Gasteiger partial charge in [-0.15, -0.1) is 0 Å². The lowest BCUT2D eigenvalue weighted by atomic mass is 9.68. The Bertz CT molecular complexity index is 310. The Morgan fingerprint density at radius 1 is 1.44 bits per heavy atom. The van der Waals surface area contributed by atoms with Gasteiger partial charge in [0.2, 0.25) is 0 Å². The van der Waals surface area contributed by atoms with Gasteiger partial charge in [-0.05, 0) is 42.9 Å². The van der Waals surface area contributed by atoms with E-state index < -0.39 is 0 Å². The highest BCUT2D eigenvalue weighted by atomic mass is 15.0. The first kappa shape index (κ1) is 11.9. The number of hydrogen-bond acceptors (Lipinski definition) is 2. The molecule has 1 N–H and O–H groups in total. The van der Waals surface area contributed by atoms with Crippen molar-refractivity contribution in [3.8, 4) is 6.07 Å². The van der Waals surface area contributed by atoms with Crippen LogP contribution in [0.25, 0.3) is 0 Å². The molecule has 2 aliphatic rings. The molecule has 0 aliphatic heterocycles. The first-order valence-electron chi connectivity index (χ1n) is 6.53. The molecular formula is C14H24N2. The minimum absolute atomic E-state index is 0.124. The van der Waals surface area contributed by atoms with E-state index in [-0.39, 0.29) is 5.92 Å². The zero-order valence-electron chi connectivity index (χ0n) is 11.0. The van der Waals surface area contributed by atoms with Gasteiger partial charge < -0.3 is 5.32 Å². The Hall–Kier alpha value is -0.550. The predicted molar refractivity (Wildman–Crippen MR) is 65.8 cm³/mol. The standard InChI is InChI=1S/C14H24N2/c1-10(8-15)9-16-12-13(2,3)11-5-6-14(12,4)7-11/h10-12,16H,5-7,9H2,1-4H3/t10?,11-,12?,14+/m0/s1. The molecule has 2 bridgehead atoms. The maximum atomic E-state index is 8.84. The van der Waals surface area contributed by atoms with Crippen LogP contribution in [0.3, 0.4) is 0 Å². The Morgan fingerprint density at radius 2 is 2.12 bits per heavy atom. The van der Waals surface area contributed by atoms with E-state index in [4.69, 9.17) is 5.26 Å². The van der Waals surface area contributed by atoms with Crippen molar-refractivity contribution in [2.24, 2.45) is 22.7 Å². The van der Waals surface area contributed by atoms with Gasteiger partial charge in [0.1, 0.15) is 0 Å². The Labute approximate surface area is 99.4 Å². The number of nitrogens with one attached hydrogen (secondary N) is 1. The molecule has 0 aromatic heterocycles. The number of rotatable bonds is 3. The number of nitriles is 1. The number of nitrogens with zero attached hydrogens (tertiary/aromatic N) is 1. The molecule has 0 saturated heterocycles. The van der Waals surface area contributed by atoms with E-state index in [2.05, 4.69) is 32.2 Å². The zero-order chi connectivity index (χ0) is 12.0. The average molecular weight is 220 g/mol. The third-order valence-corrected chi connectivity index (χ3v) is 5.12. The lowest BCUT2D eigenvalue weighted by Gasteiger charge is -2.43. The quantitative estimate of drug-likeness (QED) is 0.793. The SMILES string of the molecule is CC(C#N)CNC1C(C)(C)[C@H]2CC[C@]1(C)C2. The van der Waals surface area contributed by atoms with Gasteiger partial charge in [-0.2, -0.15) is 5.26 Å². The van der Waals surface area contributed by atoms with Crippen molar-refractivity contribution in [2.75, 3.05) is 6.54 Å². The summed E-state index contributed by atoms with van der Waals surface area (Å²) in [4.78, 5) is 0. The van der Waals surface area contributed by atoms with Crippen molar-refractivity contribution in [3.63, 3.8) is 0 Å². The molecule has 2 aliphatic carbocycles. The second-order valence-electron chi connectivity index (χ2n) is 6.79. The van der Waals surface area contributed by atoms with Crippen molar-refractivity contribution in [2.45, 2.75) is 53.0 Å². The summed E-state index contributed by atoms with van der Waals surface area (Å²) in [7, 11) is 0. The molecular weight excluding hydrogens is 196 g/mol. The van der Waals surface area contributed by atoms with E-state index in [1.165, 1.54) is 19.3 Å². The van der Waals surface area contributed by atoms with Crippen LogP contribution in [0.4, 0.5) is 0 Å². The number of fused-ring (bicyclic) bond motifs is 2. The van der Waals surface area contributed by atoms with Gasteiger partial charge >= 0.3 is 0 Å². The predicted octanol–water partition coefficient (Wildman–Crippen LogP) is 2.95. The molecule has 2 rings (SSSR count). The average Bonchev–Trinajstić information content (AvgIpc) is 2.68. The Morgan fingerprint density at radius 3 is 2.62 bits per heavy atom. The van der Waals surface area contributed by atoms with Crippen molar-refractivity contribution in [3.05, 3.63) is 0 Å². The van der Waals surface area contributed by atoms with E-state index in [9.17, 15) is 0 Å². The molecule has 0 heterocycles. The Kier molecular flexibility index (Phi) is 2.78. The van der Waals surface area contributed by atoms with Crippen LogP contribution in [0, 0.1) is 34.0 Å². The summed E-state index contributed by atoms with van der Waals surface area (Å²) in [5.41, 5.74) is 0.880. The fourth-order valence-electron chi connectivity index (χ4n) is 4.15. The van der Waals surface area contributed by atoms with Crippen LogP contribution in [-0.4, -0.2) is 12.6 Å². The van der Waals surface area contributed by atoms with Crippen molar-refractivity contribution < 1.29 is 0 Å². The molecule has 0 amide bonds. The van der Waals surface area contributed by atoms with Crippen LogP contribution >= 0.6 is 0 Å². The minimum Gasteiger partial charge on any atom is -0.312 e. The lowest BCUT2D eigenvalue weighted by molar-refractivity contribution is 0.108. The van der Waals surface area contributed by atoms with Crippen LogP contribution in [0.1, 0.15) is 47.0 Å². The van der Waals surface area contributed by atoms with Gasteiger partial charge in [0, 0.05) is 12.6 Å². The molecule has 2 unspecified atom stereocenters. The van der Waals surface area contributed by atoms with E-state index in [1.807, 2.05) is 6.92 Å². The van der Waals surface area contributed by atoms with Crippen LogP contribution in [0.15, 0.2) is 0 Å².